The van der Waals surface area contributed by atoms with Crippen molar-refractivity contribution in [3.63, 3.8) is 0 Å². The predicted octanol–water partition coefficient (Wildman–Crippen LogP) is 2.71. The highest BCUT2D eigenvalue weighted by atomic mass is 16.2. The number of amides is 3. The van der Waals surface area contributed by atoms with E-state index in [1.807, 2.05) is 81.7 Å². The summed E-state index contributed by atoms with van der Waals surface area (Å²) in [5.74, 6) is -0.492. The molecule has 210 valence electrons. The van der Waals surface area contributed by atoms with Gasteiger partial charge in [-0.25, -0.2) is 0 Å². The molecule has 0 spiro atoms. The summed E-state index contributed by atoms with van der Waals surface area (Å²) in [5, 5.41) is 9.38. The van der Waals surface area contributed by atoms with E-state index >= 15 is 0 Å². The molecule has 2 aromatic carbocycles. The van der Waals surface area contributed by atoms with Gasteiger partial charge in [0.15, 0.2) is 0 Å². The maximum absolute atomic E-state index is 14.2. The average molecular weight is 534 g/mol. The minimum absolute atomic E-state index is 0.00186. The summed E-state index contributed by atoms with van der Waals surface area (Å²) < 4.78 is 0. The fraction of sp³-hybridized carbons (Fsp3) is 0.516. The summed E-state index contributed by atoms with van der Waals surface area (Å²) in [6, 6.07) is 17.9. The molecule has 2 heterocycles. The van der Waals surface area contributed by atoms with Gasteiger partial charge in [-0.15, -0.1) is 0 Å². The molecule has 0 bridgehead atoms. The van der Waals surface area contributed by atoms with Gasteiger partial charge in [0.1, 0.15) is 12.1 Å². The van der Waals surface area contributed by atoms with E-state index in [4.69, 9.17) is 0 Å². The number of nitrogens with zero attached hydrogens (tertiary/aromatic N) is 2. The van der Waals surface area contributed by atoms with E-state index in [9.17, 15) is 14.4 Å². The number of carbonyl (C=O) groups is 3. The number of likely N-dealkylation sites (N-methyl/N-ethyl adjacent to an activating group) is 1. The van der Waals surface area contributed by atoms with E-state index in [2.05, 4.69) is 20.9 Å². The smallest absolute Gasteiger partial charge is 0.246 e. The second kappa shape index (κ2) is 13.2. The van der Waals surface area contributed by atoms with Crippen molar-refractivity contribution in [1.29, 1.82) is 0 Å². The van der Waals surface area contributed by atoms with Crippen molar-refractivity contribution in [3.8, 4) is 0 Å². The minimum Gasteiger partial charge on any atom is -0.343 e. The number of hydrogen-bond acceptors (Lipinski definition) is 5. The molecule has 8 nitrogen and oxygen atoms in total. The van der Waals surface area contributed by atoms with Crippen LogP contribution in [0.25, 0.3) is 0 Å². The first kappa shape index (κ1) is 28.8. The molecule has 0 radical (unpaired) electrons. The van der Waals surface area contributed by atoms with Gasteiger partial charge in [-0.2, -0.15) is 0 Å². The topological polar surface area (TPSA) is 93.8 Å². The normalized spacial score (nSPS) is 23.8. The maximum Gasteiger partial charge on any atom is 0.246 e. The summed E-state index contributed by atoms with van der Waals surface area (Å²) in [5.41, 5.74) is 1.98. The van der Waals surface area contributed by atoms with Crippen LogP contribution in [0.5, 0.6) is 0 Å². The van der Waals surface area contributed by atoms with E-state index < -0.39 is 12.1 Å². The Balaban J connectivity index is 1.60. The van der Waals surface area contributed by atoms with E-state index in [1.54, 1.807) is 11.9 Å². The summed E-state index contributed by atoms with van der Waals surface area (Å²) in [6.45, 7) is 2.63. The molecule has 2 fully saturated rings. The third-order valence-corrected chi connectivity index (χ3v) is 8.19. The lowest BCUT2D eigenvalue weighted by atomic mass is 9.92. The van der Waals surface area contributed by atoms with Gasteiger partial charge >= 0.3 is 0 Å². The van der Waals surface area contributed by atoms with Gasteiger partial charge in [-0.3, -0.25) is 14.4 Å². The Morgan fingerprint density at radius 2 is 1.54 bits per heavy atom. The number of hydrogen-bond donors (Lipinski definition) is 3. The molecule has 0 saturated carbocycles. The molecule has 5 atom stereocenters. The quantitative estimate of drug-likeness (QED) is 0.437. The number of benzene rings is 2. The van der Waals surface area contributed by atoms with Gasteiger partial charge in [0.25, 0.3) is 0 Å². The molecular formula is C31H43N5O3. The van der Waals surface area contributed by atoms with Gasteiger partial charge in [0.2, 0.25) is 17.7 Å². The zero-order chi connectivity index (χ0) is 27.9. The highest BCUT2D eigenvalue weighted by molar-refractivity contribution is 5.94. The SMILES string of the molecule is CC[C@H](NC)C(=O)N[C@@H]1C(=O)N2[C@@H](CC[C@@H]1CN(C)C)CC[C@H]2C(=O)NC(c1ccccc1)c1ccccc1. The summed E-state index contributed by atoms with van der Waals surface area (Å²) >= 11 is 0. The van der Waals surface area contributed by atoms with E-state index in [0.717, 1.165) is 30.4 Å². The second-order valence-electron chi connectivity index (χ2n) is 11.1. The molecule has 8 heteroatoms. The van der Waals surface area contributed by atoms with Gasteiger partial charge in [-0.05, 0) is 64.4 Å². The van der Waals surface area contributed by atoms with Crippen LogP contribution in [0, 0.1) is 5.92 Å². The largest absolute Gasteiger partial charge is 0.343 e. The van der Waals surface area contributed by atoms with Crippen molar-refractivity contribution in [1.82, 2.24) is 25.8 Å². The number of carbonyl (C=O) groups excluding carboxylic acids is 3. The monoisotopic (exact) mass is 533 g/mol. The molecule has 3 amide bonds. The fourth-order valence-electron chi connectivity index (χ4n) is 6.20. The fourth-order valence-corrected chi connectivity index (χ4v) is 6.20. The first-order valence-corrected chi connectivity index (χ1v) is 14.2. The average Bonchev–Trinajstić information content (AvgIpc) is 3.33. The molecular weight excluding hydrogens is 490 g/mol. The Kier molecular flexibility index (Phi) is 9.75. The Labute approximate surface area is 232 Å². The molecule has 2 saturated heterocycles. The number of nitrogens with one attached hydrogen (secondary N) is 3. The highest BCUT2D eigenvalue weighted by Gasteiger charge is 2.48. The van der Waals surface area contributed by atoms with Crippen LogP contribution in [0.2, 0.25) is 0 Å². The zero-order valence-electron chi connectivity index (χ0n) is 23.6. The van der Waals surface area contributed by atoms with Crippen LogP contribution in [0.4, 0.5) is 0 Å². The van der Waals surface area contributed by atoms with Crippen LogP contribution in [0.15, 0.2) is 60.7 Å². The Bertz CT molecular complexity index is 1070. The molecule has 0 aliphatic carbocycles. The summed E-state index contributed by atoms with van der Waals surface area (Å²) in [6.07, 6.45) is 3.67. The molecule has 0 unspecified atom stereocenters. The zero-order valence-corrected chi connectivity index (χ0v) is 23.6. The first-order valence-electron chi connectivity index (χ1n) is 14.2. The van der Waals surface area contributed by atoms with Crippen molar-refractivity contribution in [2.45, 2.75) is 69.2 Å². The van der Waals surface area contributed by atoms with Crippen LogP contribution in [0.3, 0.4) is 0 Å². The predicted molar refractivity (Wildman–Crippen MR) is 153 cm³/mol. The van der Waals surface area contributed by atoms with Gasteiger partial charge in [-0.1, -0.05) is 67.6 Å². The molecule has 3 N–H and O–H groups in total. The lowest BCUT2D eigenvalue weighted by Gasteiger charge is -2.34. The molecule has 4 rings (SSSR count). The number of fused-ring (bicyclic) bond motifs is 1. The maximum atomic E-state index is 14.2. The summed E-state index contributed by atoms with van der Waals surface area (Å²) in [7, 11) is 5.73. The van der Waals surface area contributed by atoms with E-state index in [1.165, 1.54) is 0 Å². The van der Waals surface area contributed by atoms with E-state index in [-0.39, 0.29) is 41.8 Å². The molecule has 2 aromatic rings. The Morgan fingerprint density at radius 3 is 2.08 bits per heavy atom. The highest BCUT2D eigenvalue weighted by Crippen LogP contribution is 2.35. The van der Waals surface area contributed by atoms with Crippen molar-refractivity contribution in [3.05, 3.63) is 71.8 Å². The molecule has 39 heavy (non-hydrogen) atoms. The van der Waals surface area contributed by atoms with Crippen LogP contribution in [-0.2, 0) is 14.4 Å². The molecule has 2 aliphatic rings. The summed E-state index contributed by atoms with van der Waals surface area (Å²) in [4.78, 5) is 45.0. The third-order valence-electron chi connectivity index (χ3n) is 8.19. The lowest BCUT2D eigenvalue weighted by Crippen LogP contribution is -2.59. The van der Waals surface area contributed by atoms with Crippen LogP contribution in [-0.4, -0.2) is 79.4 Å². The molecule has 2 aliphatic heterocycles. The van der Waals surface area contributed by atoms with Crippen molar-refractivity contribution in [2.75, 3.05) is 27.7 Å². The standard InChI is InChI=1S/C31H43N5O3/c1-5-25(32-2)29(37)34-28-23(20-35(3)4)16-17-24-18-19-26(36(24)31(28)39)30(38)33-27(21-12-8-6-9-13-21)22-14-10-7-11-15-22/h6-15,23-28,32H,5,16-20H2,1-4H3,(H,33,38)(H,34,37)/t23-,24+,25+,26+,28+/m1/s1. The number of rotatable bonds is 10. The first-order chi connectivity index (χ1) is 18.8. The van der Waals surface area contributed by atoms with Crippen molar-refractivity contribution < 1.29 is 14.4 Å². The molecule has 0 aromatic heterocycles. The van der Waals surface area contributed by atoms with Crippen LogP contribution >= 0.6 is 0 Å². The van der Waals surface area contributed by atoms with Gasteiger partial charge in [0, 0.05) is 18.5 Å². The van der Waals surface area contributed by atoms with E-state index in [0.29, 0.717) is 19.4 Å². The van der Waals surface area contributed by atoms with Crippen molar-refractivity contribution in [2.24, 2.45) is 5.92 Å². The Hall–Kier alpha value is -3.23. The van der Waals surface area contributed by atoms with Crippen molar-refractivity contribution >= 4 is 17.7 Å². The van der Waals surface area contributed by atoms with Gasteiger partial charge in [0.05, 0.1) is 12.1 Å². The lowest BCUT2D eigenvalue weighted by molar-refractivity contribution is -0.144. The van der Waals surface area contributed by atoms with Crippen LogP contribution < -0.4 is 16.0 Å². The third kappa shape index (κ3) is 6.68. The second-order valence-corrected chi connectivity index (χ2v) is 11.1. The van der Waals surface area contributed by atoms with Gasteiger partial charge < -0.3 is 25.8 Å². The van der Waals surface area contributed by atoms with Crippen LogP contribution in [0.1, 0.15) is 56.2 Å². The minimum atomic E-state index is -0.667. The Morgan fingerprint density at radius 1 is 0.949 bits per heavy atom.